The monoisotopic (exact) mass is 337 g/mol. The van der Waals surface area contributed by atoms with Crippen molar-refractivity contribution in [2.75, 3.05) is 13.1 Å². The van der Waals surface area contributed by atoms with Gasteiger partial charge in [-0.3, -0.25) is 4.79 Å². The average molecular weight is 337 g/mol. The highest BCUT2D eigenvalue weighted by atomic mass is 19.1. The third-order valence-electron chi connectivity index (χ3n) is 4.86. The molecule has 1 aliphatic rings. The molecule has 1 fully saturated rings. The zero-order valence-corrected chi connectivity index (χ0v) is 13.9. The van der Waals surface area contributed by atoms with Crippen LogP contribution < -0.4 is 0 Å². The van der Waals surface area contributed by atoms with Crippen molar-refractivity contribution < 1.29 is 9.18 Å². The molecule has 3 aromatic rings. The Morgan fingerprint density at radius 3 is 3.12 bits per heavy atom. The number of benzene rings is 1. The molecule has 3 heterocycles. The topological polar surface area (TPSA) is 49.0 Å². The van der Waals surface area contributed by atoms with Crippen LogP contribution >= 0.6 is 0 Å². The van der Waals surface area contributed by atoms with Crippen molar-refractivity contribution in [1.82, 2.24) is 14.9 Å². The van der Waals surface area contributed by atoms with E-state index < -0.39 is 0 Å². The summed E-state index contributed by atoms with van der Waals surface area (Å²) in [5, 5.41) is 1.11. The van der Waals surface area contributed by atoms with Gasteiger partial charge < -0.3 is 9.88 Å². The molecule has 0 bridgehead atoms. The van der Waals surface area contributed by atoms with Crippen molar-refractivity contribution >= 4 is 16.9 Å². The molecule has 0 saturated carbocycles. The second kappa shape index (κ2) is 6.67. The van der Waals surface area contributed by atoms with E-state index in [4.69, 9.17) is 0 Å². The number of hydrogen-bond donors (Lipinski definition) is 1. The number of aromatic nitrogens is 2. The van der Waals surface area contributed by atoms with Crippen molar-refractivity contribution in [1.29, 1.82) is 0 Å². The molecule has 1 saturated heterocycles. The maximum Gasteiger partial charge on any atom is 0.253 e. The molecule has 4 nitrogen and oxygen atoms in total. The number of piperidine rings is 1. The molecular weight excluding hydrogens is 317 g/mol. The Labute approximate surface area is 145 Å². The van der Waals surface area contributed by atoms with Gasteiger partial charge in [0.2, 0.25) is 0 Å². The van der Waals surface area contributed by atoms with Gasteiger partial charge in [-0.05, 0) is 61.1 Å². The van der Waals surface area contributed by atoms with Gasteiger partial charge in [-0.1, -0.05) is 6.07 Å². The molecule has 1 N–H and O–H groups in total. The van der Waals surface area contributed by atoms with Gasteiger partial charge in [0.15, 0.2) is 0 Å². The van der Waals surface area contributed by atoms with Crippen molar-refractivity contribution in [3.8, 4) is 0 Å². The number of carbonyl (C=O) groups is 1. The van der Waals surface area contributed by atoms with Gasteiger partial charge in [-0.15, -0.1) is 0 Å². The third-order valence-corrected chi connectivity index (χ3v) is 4.86. The summed E-state index contributed by atoms with van der Waals surface area (Å²) in [6, 6.07) is 10.1. The summed E-state index contributed by atoms with van der Waals surface area (Å²) in [5.74, 6) is -0.0434. The van der Waals surface area contributed by atoms with Gasteiger partial charge in [0.25, 0.3) is 5.91 Å². The molecule has 25 heavy (non-hydrogen) atoms. The maximum atomic E-state index is 13.4. The molecule has 1 atom stereocenters. The summed E-state index contributed by atoms with van der Waals surface area (Å²) in [7, 11) is 0. The first-order valence-corrected chi connectivity index (χ1v) is 8.66. The standard InChI is InChI=1S/C20H20FN3O/c21-18-5-1-4-17(11-18)20(25)24-8-2-3-14(13-24)9-15-10-16-6-7-22-19(16)23-12-15/h1,4-7,10-12,14H,2-3,8-9,13H2,(H,22,23)/t14-/m0/s1. The fraction of sp³-hybridized carbons (Fsp3) is 0.300. The van der Waals surface area contributed by atoms with Crippen molar-refractivity contribution in [2.45, 2.75) is 19.3 Å². The number of nitrogens with zero attached hydrogens (tertiary/aromatic N) is 2. The Balaban J connectivity index is 1.46. The predicted octanol–water partition coefficient (Wildman–Crippen LogP) is 3.80. The van der Waals surface area contributed by atoms with E-state index in [9.17, 15) is 9.18 Å². The van der Waals surface area contributed by atoms with Crippen LogP contribution in [0, 0.1) is 11.7 Å². The number of hydrogen-bond acceptors (Lipinski definition) is 2. The molecule has 128 valence electrons. The van der Waals surface area contributed by atoms with Crippen molar-refractivity contribution in [3.63, 3.8) is 0 Å². The minimum atomic E-state index is -0.370. The second-order valence-corrected chi connectivity index (χ2v) is 6.73. The highest BCUT2D eigenvalue weighted by Gasteiger charge is 2.25. The normalized spacial score (nSPS) is 17.8. The third kappa shape index (κ3) is 3.40. The van der Waals surface area contributed by atoms with Crippen LogP contribution in [-0.2, 0) is 6.42 Å². The van der Waals surface area contributed by atoms with E-state index in [0.29, 0.717) is 18.0 Å². The summed E-state index contributed by atoms with van der Waals surface area (Å²) < 4.78 is 13.4. The fourth-order valence-corrected chi connectivity index (χ4v) is 3.65. The van der Waals surface area contributed by atoms with E-state index in [2.05, 4.69) is 16.0 Å². The lowest BCUT2D eigenvalue weighted by Gasteiger charge is -2.33. The van der Waals surface area contributed by atoms with Gasteiger partial charge in [-0.2, -0.15) is 0 Å². The van der Waals surface area contributed by atoms with Crippen LogP contribution in [0.4, 0.5) is 4.39 Å². The first-order valence-electron chi connectivity index (χ1n) is 8.66. The van der Waals surface area contributed by atoms with Gasteiger partial charge in [0, 0.05) is 36.4 Å². The summed E-state index contributed by atoms with van der Waals surface area (Å²) in [4.78, 5) is 22.0. The molecule has 1 aromatic carbocycles. The van der Waals surface area contributed by atoms with Crippen LogP contribution in [0.5, 0.6) is 0 Å². The highest BCUT2D eigenvalue weighted by molar-refractivity contribution is 5.94. The van der Waals surface area contributed by atoms with Crippen LogP contribution in [0.25, 0.3) is 11.0 Å². The Hall–Kier alpha value is -2.69. The number of likely N-dealkylation sites (tertiary alicyclic amines) is 1. The van der Waals surface area contributed by atoms with Crippen LogP contribution in [0.15, 0.2) is 48.8 Å². The van der Waals surface area contributed by atoms with E-state index in [1.807, 2.05) is 23.4 Å². The number of H-pyrrole nitrogens is 1. The van der Waals surface area contributed by atoms with Crippen molar-refractivity contribution in [2.24, 2.45) is 5.92 Å². The molecule has 0 spiro atoms. The minimum Gasteiger partial charge on any atom is -0.346 e. The lowest BCUT2D eigenvalue weighted by atomic mass is 9.91. The first kappa shape index (κ1) is 15.8. The lowest BCUT2D eigenvalue weighted by molar-refractivity contribution is 0.0673. The van der Waals surface area contributed by atoms with Gasteiger partial charge in [0.1, 0.15) is 11.5 Å². The molecule has 5 heteroatoms. The number of rotatable bonds is 3. The van der Waals surface area contributed by atoms with Crippen LogP contribution in [0.1, 0.15) is 28.8 Å². The van der Waals surface area contributed by atoms with E-state index in [0.717, 1.165) is 36.8 Å². The number of halogens is 1. The molecule has 0 radical (unpaired) electrons. The number of amides is 1. The smallest absolute Gasteiger partial charge is 0.253 e. The Morgan fingerprint density at radius 2 is 2.24 bits per heavy atom. The summed E-state index contributed by atoms with van der Waals surface area (Å²) in [6.45, 7) is 1.45. The zero-order valence-electron chi connectivity index (χ0n) is 13.9. The van der Waals surface area contributed by atoms with E-state index >= 15 is 0 Å². The zero-order chi connectivity index (χ0) is 17.2. The number of pyridine rings is 1. The molecule has 4 rings (SSSR count). The Morgan fingerprint density at radius 1 is 1.32 bits per heavy atom. The summed E-state index contributed by atoms with van der Waals surface area (Å²) in [6.07, 6.45) is 6.78. The summed E-state index contributed by atoms with van der Waals surface area (Å²) >= 11 is 0. The Kier molecular flexibility index (Phi) is 4.22. The summed E-state index contributed by atoms with van der Waals surface area (Å²) in [5.41, 5.74) is 2.52. The van der Waals surface area contributed by atoms with Crippen LogP contribution in [-0.4, -0.2) is 33.9 Å². The van der Waals surface area contributed by atoms with E-state index in [1.165, 1.54) is 17.7 Å². The van der Waals surface area contributed by atoms with Gasteiger partial charge >= 0.3 is 0 Å². The molecular formula is C20H20FN3O. The first-order chi connectivity index (χ1) is 12.2. The maximum absolute atomic E-state index is 13.4. The van der Waals surface area contributed by atoms with Crippen LogP contribution in [0.3, 0.4) is 0 Å². The molecule has 0 aliphatic carbocycles. The SMILES string of the molecule is O=C(c1cccc(F)c1)N1CCC[C@@H](Cc2cnc3[nH]ccc3c2)C1. The molecule has 2 aromatic heterocycles. The largest absolute Gasteiger partial charge is 0.346 e. The van der Waals surface area contributed by atoms with E-state index in [-0.39, 0.29) is 11.7 Å². The van der Waals surface area contributed by atoms with Crippen LogP contribution in [0.2, 0.25) is 0 Å². The van der Waals surface area contributed by atoms with Gasteiger partial charge in [0.05, 0.1) is 0 Å². The van der Waals surface area contributed by atoms with E-state index in [1.54, 1.807) is 12.1 Å². The van der Waals surface area contributed by atoms with Crippen molar-refractivity contribution in [3.05, 3.63) is 65.7 Å². The Bertz CT molecular complexity index is 905. The number of carbonyl (C=O) groups excluding carboxylic acids is 1. The second-order valence-electron chi connectivity index (χ2n) is 6.73. The van der Waals surface area contributed by atoms with Gasteiger partial charge in [-0.25, -0.2) is 9.37 Å². The number of aromatic amines is 1. The number of fused-ring (bicyclic) bond motifs is 1. The highest BCUT2D eigenvalue weighted by Crippen LogP contribution is 2.23. The fourth-order valence-electron chi connectivity index (χ4n) is 3.65. The quantitative estimate of drug-likeness (QED) is 0.790. The molecule has 1 aliphatic heterocycles. The average Bonchev–Trinajstić information content (AvgIpc) is 3.09. The molecule has 1 amide bonds. The lowest BCUT2D eigenvalue weighted by Crippen LogP contribution is -2.40. The molecule has 0 unspecified atom stereocenters. The minimum absolute atomic E-state index is 0.0802. The number of nitrogens with one attached hydrogen (secondary N) is 1. The predicted molar refractivity (Wildman–Crippen MR) is 94.8 cm³/mol.